The molecule has 118 valence electrons. The first-order valence-corrected chi connectivity index (χ1v) is 7.68. The normalized spacial score (nSPS) is 17.4. The summed E-state index contributed by atoms with van der Waals surface area (Å²) >= 11 is 0. The van der Waals surface area contributed by atoms with E-state index in [4.69, 9.17) is 9.47 Å². The summed E-state index contributed by atoms with van der Waals surface area (Å²) in [6, 6.07) is 6.33. The summed E-state index contributed by atoms with van der Waals surface area (Å²) in [5, 5.41) is 13.1. The second-order valence-corrected chi connectivity index (χ2v) is 6.72. The lowest BCUT2D eigenvalue weighted by atomic mass is 9.86. The number of aliphatic hydroxyl groups excluding tert-OH is 1. The molecule has 0 amide bonds. The summed E-state index contributed by atoms with van der Waals surface area (Å²) in [5.74, 6) is 1.65. The Bertz CT molecular complexity index is 471. The zero-order chi connectivity index (χ0) is 15.5. The van der Waals surface area contributed by atoms with Crippen molar-refractivity contribution in [1.29, 1.82) is 0 Å². The van der Waals surface area contributed by atoms with Crippen LogP contribution in [0, 0.1) is 5.41 Å². The van der Waals surface area contributed by atoms with E-state index in [-0.39, 0.29) is 17.6 Å². The van der Waals surface area contributed by atoms with Crippen LogP contribution in [0.1, 0.15) is 45.7 Å². The Hall–Kier alpha value is -1.26. The van der Waals surface area contributed by atoms with Crippen LogP contribution in [-0.2, 0) is 0 Å². The van der Waals surface area contributed by atoms with Gasteiger partial charge in [-0.25, -0.2) is 0 Å². The van der Waals surface area contributed by atoms with Crippen LogP contribution < -0.4 is 14.8 Å². The lowest BCUT2D eigenvalue weighted by molar-refractivity contribution is 0.127. The molecule has 2 atom stereocenters. The molecule has 2 rings (SSSR count). The fraction of sp³-hybridized carbons (Fsp3) is 0.647. The monoisotopic (exact) mass is 293 g/mol. The van der Waals surface area contributed by atoms with Gasteiger partial charge in [-0.1, -0.05) is 19.9 Å². The number of nitrogens with one attached hydrogen (secondary N) is 1. The number of hydrogen-bond acceptors (Lipinski definition) is 4. The van der Waals surface area contributed by atoms with Crippen LogP contribution in [-0.4, -0.2) is 31.0 Å². The van der Waals surface area contributed by atoms with Gasteiger partial charge in [0.2, 0.25) is 0 Å². The predicted octanol–water partition coefficient (Wildman–Crippen LogP) is 2.91. The largest absolute Gasteiger partial charge is 0.486 e. The summed E-state index contributed by atoms with van der Waals surface area (Å²) in [7, 11) is 0. The van der Waals surface area contributed by atoms with E-state index in [1.165, 1.54) is 5.56 Å². The highest BCUT2D eigenvalue weighted by Crippen LogP contribution is 2.33. The maximum Gasteiger partial charge on any atom is 0.161 e. The molecule has 0 aliphatic carbocycles. The molecule has 1 aliphatic rings. The molecular formula is C17H27NO3. The molecule has 0 bridgehead atoms. The van der Waals surface area contributed by atoms with Gasteiger partial charge in [-0.05, 0) is 43.4 Å². The Balaban J connectivity index is 1.95. The van der Waals surface area contributed by atoms with Crippen LogP contribution in [0.5, 0.6) is 11.5 Å². The van der Waals surface area contributed by atoms with Crippen LogP contribution >= 0.6 is 0 Å². The van der Waals surface area contributed by atoms with Gasteiger partial charge in [-0.3, -0.25) is 0 Å². The van der Waals surface area contributed by atoms with Crippen LogP contribution in [0.4, 0.5) is 0 Å². The van der Waals surface area contributed by atoms with E-state index in [2.05, 4.69) is 32.2 Å². The summed E-state index contributed by atoms with van der Waals surface area (Å²) in [5.41, 5.74) is 1.25. The van der Waals surface area contributed by atoms with Crippen LogP contribution in [0.15, 0.2) is 18.2 Å². The second kappa shape index (κ2) is 6.67. The summed E-state index contributed by atoms with van der Waals surface area (Å²) < 4.78 is 11.2. The maximum absolute atomic E-state index is 9.54. The Morgan fingerprint density at radius 1 is 1.19 bits per heavy atom. The van der Waals surface area contributed by atoms with Crippen LogP contribution in [0.2, 0.25) is 0 Å². The van der Waals surface area contributed by atoms with Gasteiger partial charge in [-0.2, -0.15) is 0 Å². The molecule has 4 nitrogen and oxygen atoms in total. The van der Waals surface area contributed by atoms with Gasteiger partial charge in [-0.15, -0.1) is 0 Å². The van der Waals surface area contributed by atoms with E-state index in [9.17, 15) is 5.11 Å². The summed E-state index contributed by atoms with van der Waals surface area (Å²) in [6.07, 6.45) is 0.514. The molecule has 0 unspecified atom stereocenters. The Labute approximate surface area is 127 Å². The molecule has 0 saturated heterocycles. The maximum atomic E-state index is 9.54. The van der Waals surface area contributed by atoms with Crippen LogP contribution in [0.3, 0.4) is 0 Å². The lowest BCUT2D eigenvalue weighted by Gasteiger charge is -2.29. The minimum Gasteiger partial charge on any atom is -0.486 e. The van der Waals surface area contributed by atoms with E-state index in [0.717, 1.165) is 24.5 Å². The minimum atomic E-state index is -0.272. The quantitative estimate of drug-likeness (QED) is 0.847. The third-order valence-corrected chi connectivity index (χ3v) is 3.80. The van der Waals surface area contributed by atoms with E-state index in [1.807, 2.05) is 19.1 Å². The standard InChI is InChI=1S/C17H27NO3/c1-12(19)10-17(3,4)11-18-13(2)14-5-6-15-16(9-14)21-8-7-20-15/h5-6,9,12-13,18-19H,7-8,10-11H2,1-4H3/t12-,13+/m1/s1. The van der Waals surface area contributed by atoms with Gasteiger partial charge < -0.3 is 19.9 Å². The number of benzene rings is 1. The van der Waals surface area contributed by atoms with Crippen molar-refractivity contribution < 1.29 is 14.6 Å². The number of rotatable bonds is 6. The molecule has 21 heavy (non-hydrogen) atoms. The molecule has 1 aromatic carbocycles. The molecule has 0 aromatic heterocycles. The predicted molar refractivity (Wildman–Crippen MR) is 83.9 cm³/mol. The number of hydrogen-bond donors (Lipinski definition) is 2. The first kappa shape index (κ1) is 16.1. The van der Waals surface area contributed by atoms with Gasteiger partial charge in [0.25, 0.3) is 0 Å². The molecule has 0 spiro atoms. The van der Waals surface area contributed by atoms with Gasteiger partial charge >= 0.3 is 0 Å². The van der Waals surface area contributed by atoms with Crippen molar-refractivity contribution in [1.82, 2.24) is 5.32 Å². The van der Waals surface area contributed by atoms with Crippen molar-refractivity contribution in [2.45, 2.75) is 46.3 Å². The minimum absolute atomic E-state index is 0.0657. The zero-order valence-corrected chi connectivity index (χ0v) is 13.5. The number of ether oxygens (including phenoxy) is 2. The third-order valence-electron chi connectivity index (χ3n) is 3.80. The van der Waals surface area contributed by atoms with Crippen molar-refractivity contribution in [3.05, 3.63) is 23.8 Å². The van der Waals surface area contributed by atoms with Crippen molar-refractivity contribution in [3.8, 4) is 11.5 Å². The summed E-state index contributed by atoms with van der Waals surface area (Å²) in [4.78, 5) is 0. The lowest BCUT2D eigenvalue weighted by Crippen LogP contribution is -2.33. The molecular weight excluding hydrogens is 266 g/mol. The van der Waals surface area contributed by atoms with Gasteiger partial charge in [0.05, 0.1) is 6.10 Å². The highest BCUT2D eigenvalue weighted by atomic mass is 16.6. The first-order valence-electron chi connectivity index (χ1n) is 7.68. The van der Waals surface area contributed by atoms with E-state index in [0.29, 0.717) is 13.2 Å². The second-order valence-electron chi connectivity index (χ2n) is 6.72. The fourth-order valence-electron chi connectivity index (χ4n) is 2.75. The molecule has 0 fully saturated rings. The summed E-state index contributed by atoms with van der Waals surface area (Å²) in [6.45, 7) is 10.4. The molecule has 4 heteroatoms. The van der Waals surface area contributed by atoms with E-state index >= 15 is 0 Å². The van der Waals surface area contributed by atoms with E-state index < -0.39 is 0 Å². The highest BCUT2D eigenvalue weighted by molar-refractivity contribution is 5.44. The Morgan fingerprint density at radius 2 is 1.86 bits per heavy atom. The molecule has 0 radical (unpaired) electrons. The molecule has 1 aliphatic heterocycles. The molecule has 2 N–H and O–H groups in total. The topological polar surface area (TPSA) is 50.7 Å². The van der Waals surface area contributed by atoms with Gasteiger partial charge in [0.15, 0.2) is 11.5 Å². The number of fused-ring (bicyclic) bond motifs is 1. The van der Waals surface area contributed by atoms with Gasteiger partial charge in [0, 0.05) is 12.6 Å². The first-order chi connectivity index (χ1) is 9.87. The van der Waals surface area contributed by atoms with Crippen LogP contribution in [0.25, 0.3) is 0 Å². The van der Waals surface area contributed by atoms with Crippen molar-refractivity contribution in [3.63, 3.8) is 0 Å². The molecule has 0 saturated carbocycles. The average Bonchev–Trinajstić information content (AvgIpc) is 2.43. The van der Waals surface area contributed by atoms with Crippen molar-refractivity contribution in [2.24, 2.45) is 5.41 Å². The molecule has 1 heterocycles. The van der Waals surface area contributed by atoms with Crippen molar-refractivity contribution >= 4 is 0 Å². The Morgan fingerprint density at radius 3 is 2.52 bits per heavy atom. The van der Waals surface area contributed by atoms with Gasteiger partial charge in [0.1, 0.15) is 13.2 Å². The number of aliphatic hydroxyl groups is 1. The molecule has 1 aromatic rings. The smallest absolute Gasteiger partial charge is 0.161 e. The van der Waals surface area contributed by atoms with E-state index in [1.54, 1.807) is 0 Å². The highest BCUT2D eigenvalue weighted by Gasteiger charge is 2.21. The SMILES string of the molecule is C[C@H](NCC(C)(C)C[C@@H](C)O)c1ccc2c(c1)OCCO2. The van der Waals surface area contributed by atoms with Crippen molar-refractivity contribution in [2.75, 3.05) is 19.8 Å². The zero-order valence-electron chi connectivity index (χ0n) is 13.5. The third kappa shape index (κ3) is 4.61. The Kier molecular flexibility index (Phi) is 5.12. The average molecular weight is 293 g/mol. The fourth-order valence-corrected chi connectivity index (χ4v) is 2.75.